The number of rotatable bonds is 2. The summed E-state index contributed by atoms with van der Waals surface area (Å²) in [4.78, 5) is 19.7. The van der Waals surface area contributed by atoms with Crippen molar-refractivity contribution in [3.63, 3.8) is 0 Å². The highest BCUT2D eigenvalue weighted by molar-refractivity contribution is 6.28. The number of carbonyl (C=O) groups excluding carboxylic acids is 1. The molecule has 0 aliphatic heterocycles. The Morgan fingerprint density at radius 3 is 2.83 bits per heavy atom. The maximum Gasteiger partial charge on any atom is 0.265 e. The Kier molecular flexibility index (Phi) is 2.70. The second kappa shape index (κ2) is 4.24. The minimum absolute atomic E-state index is 0.191. The molecule has 1 fully saturated rings. The van der Waals surface area contributed by atoms with Gasteiger partial charge in [0.25, 0.3) is 5.91 Å². The number of primary amides is 1. The zero-order chi connectivity index (χ0) is 12.7. The van der Waals surface area contributed by atoms with Crippen LogP contribution in [0, 0.1) is 0 Å². The number of fused-ring (bicyclic) bond motifs is 1. The summed E-state index contributed by atoms with van der Waals surface area (Å²) in [6, 6.07) is 2.03. The first kappa shape index (κ1) is 11.5. The molecule has 0 radical (unpaired) electrons. The molecular weight excluding hydrogens is 252 g/mol. The maximum absolute atomic E-state index is 11.6. The van der Waals surface area contributed by atoms with Crippen LogP contribution in [-0.2, 0) is 0 Å². The van der Waals surface area contributed by atoms with Gasteiger partial charge in [0.15, 0.2) is 0 Å². The number of carbonyl (C=O) groups is 1. The highest BCUT2D eigenvalue weighted by atomic mass is 35.5. The van der Waals surface area contributed by atoms with E-state index in [1.54, 1.807) is 12.3 Å². The third kappa shape index (κ3) is 1.75. The Balaban J connectivity index is 2.26. The van der Waals surface area contributed by atoms with E-state index in [-0.39, 0.29) is 11.3 Å². The third-order valence-corrected chi connectivity index (χ3v) is 3.67. The van der Waals surface area contributed by atoms with Crippen molar-refractivity contribution in [1.29, 1.82) is 0 Å². The molecule has 94 valence electrons. The van der Waals surface area contributed by atoms with Crippen LogP contribution in [0.15, 0.2) is 12.3 Å². The number of amides is 1. The molecule has 2 heterocycles. The molecule has 6 heteroatoms. The van der Waals surface area contributed by atoms with E-state index in [1.807, 2.05) is 4.57 Å². The highest BCUT2D eigenvalue weighted by Gasteiger charge is 2.24. The Hall–Kier alpha value is -1.62. The van der Waals surface area contributed by atoms with Crippen molar-refractivity contribution in [2.75, 3.05) is 0 Å². The summed E-state index contributed by atoms with van der Waals surface area (Å²) in [7, 11) is 0. The van der Waals surface area contributed by atoms with Crippen LogP contribution in [-0.4, -0.2) is 20.4 Å². The van der Waals surface area contributed by atoms with Crippen LogP contribution in [0.3, 0.4) is 0 Å². The largest absolute Gasteiger partial charge is 0.364 e. The van der Waals surface area contributed by atoms with Gasteiger partial charge in [-0.2, -0.15) is 4.98 Å². The van der Waals surface area contributed by atoms with Gasteiger partial charge in [-0.25, -0.2) is 4.98 Å². The van der Waals surface area contributed by atoms with Gasteiger partial charge in [0.1, 0.15) is 11.3 Å². The van der Waals surface area contributed by atoms with Gasteiger partial charge >= 0.3 is 0 Å². The monoisotopic (exact) mass is 264 g/mol. The number of nitrogens with two attached hydrogens (primary N) is 1. The van der Waals surface area contributed by atoms with Crippen molar-refractivity contribution in [2.45, 2.75) is 31.7 Å². The van der Waals surface area contributed by atoms with Crippen LogP contribution in [0.5, 0.6) is 0 Å². The molecule has 0 unspecified atom stereocenters. The SMILES string of the molecule is NC(=O)c1cc2cnc(Cl)nc2n1C1CCCC1. The van der Waals surface area contributed by atoms with Crippen molar-refractivity contribution < 1.29 is 4.79 Å². The average Bonchev–Trinajstić information content (AvgIpc) is 2.93. The van der Waals surface area contributed by atoms with Crippen molar-refractivity contribution in [2.24, 2.45) is 5.73 Å². The molecule has 0 aromatic carbocycles. The highest BCUT2D eigenvalue weighted by Crippen LogP contribution is 2.34. The minimum atomic E-state index is -0.434. The van der Waals surface area contributed by atoms with Crippen LogP contribution in [0.2, 0.25) is 5.28 Å². The average molecular weight is 265 g/mol. The molecule has 1 aliphatic rings. The fraction of sp³-hybridized carbons (Fsp3) is 0.417. The number of halogens is 1. The molecule has 2 aromatic heterocycles. The molecule has 0 bridgehead atoms. The van der Waals surface area contributed by atoms with Gasteiger partial charge in [0.2, 0.25) is 5.28 Å². The van der Waals surface area contributed by atoms with Gasteiger partial charge in [0, 0.05) is 17.6 Å². The van der Waals surface area contributed by atoms with Crippen molar-refractivity contribution in [1.82, 2.24) is 14.5 Å². The van der Waals surface area contributed by atoms with Crippen molar-refractivity contribution in [3.8, 4) is 0 Å². The van der Waals surface area contributed by atoms with E-state index >= 15 is 0 Å². The predicted octanol–water partition coefficient (Wildman–Crippen LogP) is 2.30. The van der Waals surface area contributed by atoms with Crippen LogP contribution < -0.4 is 5.73 Å². The van der Waals surface area contributed by atoms with Crippen molar-refractivity contribution >= 4 is 28.5 Å². The van der Waals surface area contributed by atoms with E-state index in [2.05, 4.69) is 9.97 Å². The number of aromatic nitrogens is 3. The van der Waals surface area contributed by atoms with Gasteiger partial charge in [-0.3, -0.25) is 4.79 Å². The summed E-state index contributed by atoms with van der Waals surface area (Å²) in [5.41, 5.74) is 6.64. The standard InChI is InChI=1S/C12H13ClN4O/c13-12-15-6-7-5-9(10(14)18)17(11(7)16-12)8-3-1-2-4-8/h5-6,8H,1-4H2,(H2,14,18). The lowest BCUT2D eigenvalue weighted by atomic mass is 10.2. The van der Waals surface area contributed by atoms with Gasteiger partial charge in [-0.15, -0.1) is 0 Å². The molecule has 2 aromatic rings. The molecule has 3 rings (SSSR count). The van der Waals surface area contributed by atoms with Gasteiger partial charge < -0.3 is 10.3 Å². The molecular formula is C12H13ClN4O. The summed E-state index contributed by atoms with van der Waals surface area (Å²) in [5, 5.41) is 0.996. The maximum atomic E-state index is 11.6. The van der Waals surface area contributed by atoms with E-state index in [0.717, 1.165) is 18.2 Å². The lowest BCUT2D eigenvalue weighted by molar-refractivity contribution is 0.0990. The summed E-state index contributed by atoms with van der Waals surface area (Å²) in [6.45, 7) is 0. The molecule has 0 spiro atoms. The second-order valence-electron chi connectivity index (χ2n) is 4.62. The molecule has 0 saturated heterocycles. The Labute approximate surface area is 109 Å². The van der Waals surface area contributed by atoms with Crippen LogP contribution in [0.4, 0.5) is 0 Å². The normalized spacial score (nSPS) is 16.5. The van der Waals surface area contributed by atoms with E-state index in [4.69, 9.17) is 17.3 Å². The Morgan fingerprint density at radius 1 is 1.44 bits per heavy atom. The quantitative estimate of drug-likeness (QED) is 0.846. The third-order valence-electron chi connectivity index (χ3n) is 3.49. The number of hydrogen-bond donors (Lipinski definition) is 1. The Morgan fingerprint density at radius 2 is 2.17 bits per heavy atom. The van der Waals surface area contributed by atoms with E-state index in [9.17, 15) is 4.79 Å². The fourth-order valence-electron chi connectivity index (χ4n) is 2.71. The molecule has 5 nitrogen and oxygen atoms in total. The van der Waals surface area contributed by atoms with Crippen LogP contribution in [0.25, 0.3) is 11.0 Å². The van der Waals surface area contributed by atoms with Crippen LogP contribution in [0.1, 0.15) is 42.2 Å². The molecule has 0 atom stereocenters. The van der Waals surface area contributed by atoms with Gasteiger partial charge in [0.05, 0.1) is 0 Å². The minimum Gasteiger partial charge on any atom is -0.364 e. The van der Waals surface area contributed by atoms with E-state index in [1.165, 1.54) is 12.8 Å². The van der Waals surface area contributed by atoms with E-state index < -0.39 is 5.91 Å². The fourth-order valence-corrected chi connectivity index (χ4v) is 2.84. The Bertz CT molecular complexity index is 616. The topological polar surface area (TPSA) is 73.8 Å². The van der Waals surface area contributed by atoms with E-state index in [0.29, 0.717) is 11.3 Å². The number of hydrogen-bond acceptors (Lipinski definition) is 3. The van der Waals surface area contributed by atoms with Crippen LogP contribution >= 0.6 is 11.6 Å². The zero-order valence-electron chi connectivity index (χ0n) is 9.77. The van der Waals surface area contributed by atoms with Gasteiger partial charge in [-0.1, -0.05) is 12.8 Å². The van der Waals surface area contributed by atoms with Crippen molar-refractivity contribution in [3.05, 3.63) is 23.2 Å². The first-order chi connectivity index (χ1) is 8.66. The molecule has 1 aliphatic carbocycles. The molecule has 1 saturated carbocycles. The first-order valence-corrected chi connectivity index (χ1v) is 6.38. The summed E-state index contributed by atoms with van der Waals surface area (Å²) < 4.78 is 1.93. The molecule has 18 heavy (non-hydrogen) atoms. The molecule has 1 amide bonds. The predicted molar refractivity (Wildman–Crippen MR) is 68.6 cm³/mol. The summed E-state index contributed by atoms with van der Waals surface area (Å²) >= 11 is 5.83. The first-order valence-electron chi connectivity index (χ1n) is 6.00. The molecule has 2 N–H and O–H groups in total. The second-order valence-corrected chi connectivity index (χ2v) is 4.96. The lowest BCUT2D eigenvalue weighted by Gasteiger charge is -2.15. The summed E-state index contributed by atoms with van der Waals surface area (Å²) in [6.07, 6.45) is 6.06. The smallest absolute Gasteiger partial charge is 0.265 e. The summed E-state index contributed by atoms with van der Waals surface area (Å²) in [5.74, 6) is -0.434. The zero-order valence-corrected chi connectivity index (χ0v) is 10.5. The number of nitrogens with zero attached hydrogens (tertiary/aromatic N) is 3. The van der Waals surface area contributed by atoms with Gasteiger partial charge in [-0.05, 0) is 30.5 Å². The lowest BCUT2D eigenvalue weighted by Crippen LogP contribution is -2.19.